The molecule has 0 bridgehead atoms. The fraction of sp³-hybridized carbons (Fsp3) is 0.263. The number of benzene rings is 2. The van der Waals surface area contributed by atoms with Gasteiger partial charge in [0.25, 0.3) is 0 Å². The van der Waals surface area contributed by atoms with E-state index in [9.17, 15) is 34.8 Å². The second-order valence-corrected chi connectivity index (χ2v) is 11.2. The minimum Gasteiger partial charge on any atom is -0.196 e. The van der Waals surface area contributed by atoms with Crippen LogP contribution in [0.15, 0.2) is 53.4 Å². The molecule has 0 spiro atoms. The molecule has 1 atom stereocenters. The van der Waals surface area contributed by atoms with Crippen molar-refractivity contribution in [1.82, 2.24) is 0 Å². The summed E-state index contributed by atoms with van der Waals surface area (Å²) in [6.45, 7) is 3.39. The lowest BCUT2D eigenvalue weighted by Crippen LogP contribution is -2.32. The van der Waals surface area contributed by atoms with Gasteiger partial charge in [0.1, 0.15) is 0 Å². The smallest absolute Gasteiger partial charge is 0.196 e. The van der Waals surface area contributed by atoms with Crippen LogP contribution < -0.4 is 0 Å². The van der Waals surface area contributed by atoms with Crippen molar-refractivity contribution in [2.24, 2.45) is 0 Å². The van der Waals surface area contributed by atoms with Gasteiger partial charge in [-0.3, -0.25) is 0 Å². The van der Waals surface area contributed by atoms with Gasteiger partial charge in [-0.15, -0.1) is 0 Å². The van der Waals surface area contributed by atoms with E-state index in [-0.39, 0.29) is 17.0 Å². The molecule has 30 heavy (non-hydrogen) atoms. The van der Waals surface area contributed by atoms with Gasteiger partial charge >= 0.3 is 21.1 Å². The highest BCUT2D eigenvalue weighted by molar-refractivity contribution is 8.41. The van der Waals surface area contributed by atoms with Crippen LogP contribution in [-0.2, 0) is 13.7 Å². The largest absolute Gasteiger partial charge is 0.523 e. The average molecular weight is 470 g/mol. The molecule has 2 aromatic rings. The molecule has 1 unspecified atom stereocenters. The summed E-state index contributed by atoms with van der Waals surface area (Å²) in [5, 5.41) is 0. The molecular weight excluding hydrogens is 454 g/mol. The minimum atomic E-state index is -6.56. The third kappa shape index (κ3) is 3.63. The average Bonchev–Trinajstić information content (AvgIpc) is 2.95. The molecule has 3 rings (SSSR count). The Morgan fingerprint density at radius 3 is 2.03 bits per heavy atom. The van der Waals surface area contributed by atoms with Gasteiger partial charge in [0.15, 0.2) is 0 Å². The van der Waals surface area contributed by atoms with Crippen molar-refractivity contribution in [3.8, 4) is 0 Å². The van der Waals surface area contributed by atoms with Crippen LogP contribution in [0.1, 0.15) is 36.5 Å². The highest BCUT2D eigenvalue weighted by atomic mass is 32.3. The fourth-order valence-corrected chi connectivity index (χ4v) is 7.54. The molecule has 0 saturated carbocycles. The third-order valence-electron chi connectivity index (χ3n) is 4.47. The molecular formula is C19H16F6O3S2. The van der Waals surface area contributed by atoms with E-state index in [0.29, 0.717) is 5.56 Å². The molecule has 1 aliphatic heterocycles. The molecule has 0 amide bonds. The molecule has 0 aliphatic carbocycles. The summed E-state index contributed by atoms with van der Waals surface area (Å²) in [7, 11) is -11.6. The highest BCUT2D eigenvalue weighted by Crippen LogP contribution is 2.80. The summed E-state index contributed by atoms with van der Waals surface area (Å²) in [6.07, 6.45) is 1.05. The number of hydrogen-bond acceptors (Lipinski definition) is 3. The lowest BCUT2D eigenvalue weighted by Gasteiger charge is -2.39. The Hall–Kier alpha value is -1.98. The van der Waals surface area contributed by atoms with E-state index in [2.05, 4.69) is 3.63 Å². The number of hydrogen-bond donors (Lipinski definition) is 0. The van der Waals surface area contributed by atoms with Gasteiger partial charge in [0.2, 0.25) is 0 Å². The van der Waals surface area contributed by atoms with E-state index in [1.54, 1.807) is 19.9 Å². The second kappa shape index (κ2) is 7.31. The molecule has 0 radical (unpaired) electrons. The summed E-state index contributed by atoms with van der Waals surface area (Å²) in [6, 6.07) is 10.8. The summed E-state index contributed by atoms with van der Waals surface area (Å²) >= 11 is 0. The zero-order valence-electron chi connectivity index (χ0n) is 15.6. The van der Waals surface area contributed by atoms with E-state index in [1.165, 1.54) is 36.4 Å². The SMILES string of the molecule is CC(C)c1ccc2c(c1)S(OS(=O)(=O)C(F)(F)F)(C(F)(F)F)C(c1ccccc1)=C2. The quantitative estimate of drug-likeness (QED) is 0.365. The van der Waals surface area contributed by atoms with E-state index >= 15 is 0 Å². The minimum absolute atomic E-state index is 0.0389. The monoisotopic (exact) mass is 470 g/mol. The van der Waals surface area contributed by atoms with Crippen LogP contribution >= 0.6 is 10.3 Å². The normalized spacial score (nSPS) is 21.8. The standard InChI is InChI=1S/C19H16F6O3S2/c1-12(2)14-8-9-15-11-16(13-6-4-3-5-7-13)29(17(15)10-14,18(20,21)22)28-30(26,27)19(23,24)25/h3-12H,1-2H3. The highest BCUT2D eigenvalue weighted by Gasteiger charge is 2.64. The lowest BCUT2D eigenvalue weighted by atomic mass is 10.0. The number of alkyl halides is 6. The van der Waals surface area contributed by atoms with Crippen LogP contribution in [0.25, 0.3) is 11.0 Å². The lowest BCUT2D eigenvalue weighted by molar-refractivity contribution is -0.0543. The van der Waals surface area contributed by atoms with Crippen LogP contribution in [0.3, 0.4) is 0 Å². The fourth-order valence-electron chi connectivity index (χ4n) is 3.01. The molecule has 11 heteroatoms. The maximum absolute atomic E-state index is 14.5. The molecule has 0 fully saturated rings. The van der Waals surface area contributed by atoms with Crippen LogP contribution in [-0.4, -0.2) is 19.4 Å². The molecule has 0 saturated heterocycles. The van der Waals surface area contributed by atoms with Crippen molar-refractivity contribution in [2.45, 2.75) is 35.7 Å². The first-order valence-corrected chi connectivity index (χ1v) is 11.5. The van der Waals surface area contributed by atoms with Crippen molar-refractivity contribution in [3.63, 3.8) is 0 Å². The van der Waals surface area contributed by atoms with Gasteiger partial charge in [-0.2, -0.15) is 38.4 Å². The number of halogens is 6. The van der Waals surface area contributed by atoms with E-state index < -0.39 is 41.2 Å². The Kier molecular flexibility index (Phi) is 5.53. The Bertz CT molecular complexity index is 1090. The number of fused-ring (bicyclic) bond motifs is 1. The van der Waals surface area contributed by atoms with Gasteiger partial charge in [0, 0.05) is 20.1 Å². The molecule has 3 nitrogen and oxygen atoms in total. The maximum Gasteiger partial charge on any atom is 0.523 e. The summed E-state index contributed by atoms with van der Waals surface area (Å²) in [5.41, 5.74) is -11.2. The van der Waals surface area contributed by atoms with Crippen molar-refractivity contribution < 1.29 is 38.4 Å². The zero-order chi connectivity index (χ0) is 22.5. The van der Waals surface area contributed by atoms with Crippen LogP contribution in [0.4, 0.5) is 26.3 Å². The molecule has 1 heterocycles. The summed E-state index contributed by atoms with van der Waals surface area (Å²) in [5.74, 6) is -0.249. The van der Waals surface area contributed by atoms with Gasteiger partial charge in [-0.05, 0) is 34.8 Å². The zero-order valence-corrected chi connectivity index (χ0v) is 17.2. The second-order valence-electron chi connectivity index (χ2n) is 6.80. The Labute approximate surface area is 171 Å². The predicted octanol–water partition coefficient (Wildman–Crippen LogP) is 6.79. The van der Waals surface area contributed by atoms with Crippen LogP contribution in [0.5, 0.6) is 0 Å². The number of rotatable bonds is 4. The van der Waals surface area contributed by atoms with E-state index in [0.717, 1.165) is 12.1 Å². The van der Waals surface area contributed by atoms with Crippen molar-refractivity contribution in [1.29, 1.82) is 0 Å². The molecule has 0 aromatic heterocycles. The van der Waals surface area contributed by atoms with Gasteiger partial charge in [0.05, 0.1) is 0 Å². The van der Waals surface area contributed by atoms with Crippen molar-refractivity contribution in [3.05, 3.63) is 65.2 Å². The topological polar surface area (TPSA) is 43.4 Å². The van der Waals surface area contributed by atoms with E-state index in [4.69, 9.17) is 0 Å². The Morgan fingerprint density at radius 2 is 1.53 bits per heavy atom. The first kappa shape index (κ1) is 22.7. The summed E-state index contributed by atoms with van der Waals surface area (Å²) < 4.78 is 111. The molecule has 1 aliphatic rings. The Balaban J connectivity index is 2.38. The first-order chi connectivity index (χ1) is 13.7. The van der Waals surface area contributed by atoms with Gasteiger partial charge in [-0.1, -0.05) is 56.3 Å². The first-order valence-electron chi connectivity index (χ1n) is 8.54. The Morgan fingerprint density at radius 1 is 0.933 bits per heavy atom. The molecule has 0 N–H and O–H groups in total. The van der Waals surface area contributed by atoms with Crippen molar-refractivity contribution >= 4 is 31.4 Å². The van der Waals surface area contributed by atoms with Crippen molar-refractivity contribution in [2.75, 3.05) is 0 Å². The van der Waals surface area contributed by atoms with Gasteiger partial charge < -0.3 is 0 Å². The van der Waals surface area contributed by atoms with E-state index in [1.807, 2.05) is 0 Å². The summed E-state index contributed by atoms with van der Waals surface area (Å²) in [4.78, 5) is -1.27. The molecule has 2 aromatic carbocycles. The van der Waals surface area contributed by atoms with Gasteiger partial charge in [-0.25, -0.2) is 0 Å². The van der Waals surface area contributed by atoms with Crippen LogP contribution in [0, 0.1) is 0 Å². The molecule has 164 valence electrons. The third-order valence-corrected chi connectivity index (χ3v) is 9.17. The van der Waals surface area contributed by atoms with Crippen LogP contribution in [0.2, 0.25) is 0 Å². The predicted molar refractivity (Wildman–Crippen MR) is 103 cm³/mol. The maximum atomic E-state index is 14.5.